The minimum atomic E-state index is 0.942. The highest BCUT2D eigenvalue weighted by atomic mass is 15.2. The second-order valence-corrected chi connectivity index (χ2v) is 5.17. The lowest BCUT2D eigenvalue weighted by atomic mass is 10.2. The van der Waals surface area contributed by atoms with Crippen molar-refractivity contribution in [2.45, 2.75) is 19.4 Å². The van der Waals surface area contributed by atoms with Gasteiger partial charge in [-0.15, -0.1) is 0 Å². The van der Waals surface area contributed by atoms with Gasteiger partial charge in [0, 0.05) is 32.4 Å². The van der Waals surface area contributed by atoms with E-state index in [0.29, 0.717) is 0 Å². The second-order valence-electron chi connectivity index (χ2n) is 5.17. The number of nitrogens with zero attached hydrogens (tertiary/aromatic N) is 2. The van der Waals surface area contributed by atoms with Crippen LogP contribution >= 0.6 is 0 Å². The Labute approximate surface area is 111 Å². The van der Waals surface area contributed by atoms with Gasteiger partial charge in [-0.25, -0.2) is 0 Å². The topological polar surface area (TPSA) is 18.5 Å². The first-order valence-corrected chi connectivity index (χ1v) is 6.96. The third-order valence-corrected chi connectivity index (χ3v) is 3.71. The summed E-state index contributed by atoms with van der Waals surface area (Å²) in [6.07, 6.45) is 2.75. The maximum atomic E-state index is 3.17. The van der Waals surface area contributed by atoms with Crippen molar-refractivity contribution in [3.05, 3.63) is 29.8 Å². The SMILES string of the molecule is CNCc1ccc(N(C)CCN2CCCC2)cc1. The van der Waals surface area contributed by atoms with Gasteiger partial charge in [0.05, 0.1) is 0 Å². The summed E-state index contributed by atoms with van der Waals surface area (Å²) in [5, 5.41) is 3.17. The Balaban J connectivity index is 1.81. The lowest BCUT2D eigenvalue weighted by molar-refractivity contribution is 0.346. The molecular weight excluding hydrogens is 222 g/mol. The highest BCUT2D eigenvalue weighted by Gasteiger charge is 2.11. The van der Waals surface area contributed by atoms with Crippen LogP contribution in [-0.4, -0.2) is 45.2 Å². The zero-order valence-electron chi connectivity index (χ0n) is 11.7. The fraction of sp³-hybridized carbons (Fsp3) is 0.600. The van der Waals surface area contributed by atoms with E-state index in [4.69, 9.17) is 0 Å². The van der Waals surface area contributed by atoms with Crippen molar-refractivity contribution in [3.63, 3.8) is 0 Å². The van der Waals surface area contributed by atoms with E-state index >= 15 is 0 Å². The number of hydrogen-bond donors (Lipinski definition) is 1. The molecule has 0 aromatic heterocycles. The molecule has 0 amide bonds. The number of likely N-dealkylation sites (tertiary alicyclic amines) is 1. The van der Waals surface area contributed by atoms with Crippen LogP contribution in [0.4, 0.5) is 5.69 Å². The number of likely N-dealkylation sites (N-methyl/N-ethyl adjacent to an activating group) is 1. The quantitative estimate of drug-likeness (QED) is 0.829. The number of nitrogens with one attached hydrogen (secondary N) is 1. The third-order valence-electron chi connectivity index (χ3n) is 3.71. The first-order valence-electron chi connectivity index (χ1n) is 6.96. The molecule has 18 heavy (non-hydrogen) atoms. The second kappa shape index (κ2) is 6.76. The molecule has 0 spiro atoms. The number of benzene rings is 1. The Morgan fingerprint density at radius 3 is 2.44 bits per heavy atom. The fourth-order valence-corrected chi connectivity index (χ4v) is 2.50. The minimum Gasteiger partial charge on any atom is -0.373 e. The molecule has 1 aromatic rings. The van der Waals surface area contributed by atoms with Crippen LogP contribution in [0.25, 0.3) is 0 Å². The van der Waals surface area contributed by atoms with E-state index in [-0.39, 0.29) is 0 Å². The first-order chi connectivity index (χ1) is 8.79. The van der Waals surface area contributed by atoms with E-state index < -0.39 is 0 Å². The van der Waals surface area contributed by atoms with Crippen LogP contribution in [0.3, 0.4) is 0 Å². The van der Waals surface area contributed by atoms with Gasteiger partial charge in [0.25, 0.3) is 0 Å². The summed E-state index contributed by atoms with van der Waals surface area (Å²) in [6, 6.07) is 8.85. The minimum absolute atomic E-state index is 0.942. The molecule has 1 heterocycles. The zero-order chi connectivity index (χ0) is 12.8. The van der Waals surface area contributed by atoms with Gasteiger partial charge in [-0.05, 0) is 50.7 Å². The van der Waals surface area contributed by atoms with E-state index in [1.807, 2.05) is 7.05 Å². The van der Waals surface area contributed by atoms with Gasteiger partial charge in [0.15, 0.2) is 0 Å². The Morgan fingerprint density at radius 1 is 1.17 bits per heavy atom. The van der Waals surface area contributed by atoms with Crippen LogP contribution in [0, 0.1) is 0 Å². The molecule has 3 nitrogen and oxygen atoms in total. The van der Waals surface area contributed by atoms with Crippen molar-refractivity contribution in [1.82, 2.24) is 10.2 Å². The van der Waals surface area contributed by atoms with Crippen LogP contribution in [0.15, 0.2) is 24.3 Å². The third kappa shape index (κ3) is 3.72. The number of anilines is 1. The van der Waals surface area contributed by atoms with Gasteiger partial charge in [-0.2, -0.15) is 0 Å². The summed E-state index contributed by atoms with van der Waals surface area (Å²) in [6.45, 7) is 5.82. The molecule has 0 aliphatic carbocycles. The maximum absolute atomic E-state index is 3.17. The van der Waals surface area contributed by atoms with E-state index in [1.54, 1.807) is 0 Å². The molecule has 2 rings (SSSR count). The van der Waals surface area contributed by atoms with Crippen molar-refractivity contribution in [3.8, 4) is 0 Å². The predicted octanol–water partition coefficient (Wildman–Crippen LogP) is 1.94. The summed E-state index contributed by atoms with van der Waals surface area (Å²) >= 11 is 0. The Hall–Kier alpha value is -1.06. The van der Waals surface area contributed by atoms with Gasteiger partial charge in [0.2, 0.25) is 0 Å². The van der Waals surface area contributed by atoms with Crippen LogP contribution in [0.1, 0.15) is 18.4 Å². The molecule has 0 saturated carbocycles. The number of rotatable bonds is 6. The highest BCUT2D eigenvalue weighted by Crippen LogP contribution is 2.14. The van der Waals surface area contributed by atoms with Gasteiger partial charge < -0.3 is 15.1 Å². The standard InChI is InChI=1S/C15H25N3/c1-16-13-14-5-7-15(8-6-14)17(2)11-12-18-9-3-4-10-18/h5-8,16H,3-4,9-13H2,1-2H3. The normalized spacial score (nSPS) is 16.1. The van der Waals surface area contributed by atoms with Crippen LogP contribution in [0.5, 0.6) is 0 Å². The zero-order valence-corrected chi connectivity index (χ0v) is 11.7. The van der Waals surface area contributed by atoms with Crippen LogP contribution in [-0.2, 0) is 6.54 Å². The molecule has 1 aromatic carbocycles. The Bertz CT molecular complexity index is 341. The molecule has 100 valence electrons. The molecule has 0 bridgehead atoms. The molecule has 0 radical (unpaired) electrons. The number of hydrogen-bond acceptors (Lipinski definition) is 3. The van der Waals surface area contributed by atoms with Crippen molar-refractivity contribution in [1.29, 1.82) is 0 Å². The average Bonchev–Trinajstić information content (AvgIpc) is 2.90. The smallest absolute Gasteiger partial charge is 0.0364 e. The van der Waals surface area contributed by atoms with Gasteiger partial charge in [-0.3, -0.25) is 0 Å². The summed E-state index contributed by atoms with van der Waals surface area (Å²) in [4.78, 5) is 4.91. The largest absolute Gasteiger partial charge is 0.373 e. The van der Waals surface area contributed by atoms with E-state index in [1.165, 1.54) is 43.7 Å². The Kier molecular flexibility index (Phi) is 5.02. The van der Waals surface area contributed by atoms with Crippen molar-refractivity contribution in [2.75, 3.05) is 45.2 Å². The molecule has 1 fully saturated rings. The molecule has 1 aliphatic rings. The van der Waals surface area contributed by atoms with Crippen LogP contribution < -0.4 is 10.2 Å². The molecular formula is C15H25N3. The molecule has 1 N–H and O–H groups in total. The average molecular weight is 247 g/mol. The summed E-state index contributed by atoms with van der Waals surface area (Å²) in [5.41, 5.74) is 2.66. The summed E-state index contributed by atoms with van der Waals surface area (Å²) in [5.74, 6) is 0. The summed E-state index contributed by atoms with van der Waals surface area (Å²) in [7, 11) is 4.17. The first kappa shape index (κ1) is 13.4. The lowest BCUT2D eigenvalue weighted by Gasteiger charge is -2.23. The lowest BCUT2D eigenvalue weighted by Crippen LogP contribution is -2.31. The van der Waals surface area contributed by atoms with Gasteiger partial charge >= 0.3 is 0 Å². The van der Waals surface area contributed by atoms with Crippen molar-refractivity contribution >= 4 is 5.69 Å². The van der Waals surface area contributed by atoms with Crippen molar-refractivity contribution < 1.29 is 0 Å². The molecule has 3 heteroatoms. The molecule has 1 saturated heterocycles. The summed E-state index contributed by atoms with van der Waals surface area (Å²) < 4.78 is 0. The molecule has 0 unspecified atom stereocenters. The predicted molar refractivity (Wildman–Crippen MR) is 78.1 cm³/mol. The maximum Gasteiger partial charge on any atom is 0.0364 e. The van der Waals surface area contributed by atoms with Gasteiger partial charge in [0.1, 0.15) is 0 Å². The van der Waals surface area contributed by atoms with E-state index in [0.717, 1.165) is 13.1 Å². The Morgan fingerprint density at radius 2 is 1.83 bits per heavy atom. The van der Waals surface area contributed by atoms with E-state index in [9.17, 15) is 0 Å². The van der Waals surface area contributed by atoms with Crippen molar-refractivity contribution in [2.24, 2.45) is 0 Å². The fourth-order valence-electron chi connectivity index (χ4n) is 2.50. The van der Waals surface area contributed by atoms with E-state index in [2.05, 4.69) is 46.4 Å². The molecule has 0 atom stereocenters. The van der Waals surface area contributed by atoms with Crippen LogP contribution in [0.2, 0.25) is 0 Å². The monoisotopic (exact) mass is 247 g/mol. The molecule has 1 aliphatic heterocycles. The highest BCUT2D eigenvalue weighted by molar-refractivity contribution is 5.46. The van der Waals surface area contributed by atoms with Gasteiger partial charge in [-0.1, -0.05) is 12.1 Å².